The lowest BCUT2D eigenvalue weighted by Crippen LogP contribution is -2.26. The van der Waals surface area contributed by atoms with Gasteiger partial charge in [0.1, 0.15) is 5.75 Å². The molecular weight excluding hydrogens is 418 g/mol. The number of carbonyl (C=O) groups is 1. The molecule has 2 aromatic rings. The number of hydrogen-bond donors (Lipinski definition) is 3. The lowest BCUT2D eigenvalue weighted by Gasteiger charge is -2.09. The molecule has 2 aromatic carbocycles. The molecule has 0 unspecified atom stereocenters. The van der Waals surface area contributed by atoms with Crippen molar-refractivity contribution >= 4 is 29.3 Å². The van der Waals surface area contributed by atoms with Crippen LogP contribution in [0.5, 0.6) is 5.75 Å². The summed E-state index contributed by atoms with van der Waals surface area (Å²) in [5.74, 6) is 0.320. The van der Waals surface area contributed by atoms with E-state index in [0.29, 0.717) is 17.9 Å². The van der Waals surface area contributed by atoms with Crippen molar-refractivity contribution < 1.29 is 14.3 Å². The number of nitrogens with zero attached hydrogens (tertiary/aromatic N) is 2. The van der Waals surface area contributed by atoms with E-state index in [1.165, 1.54) is 32.1 Å². The maximum Gasteiger partial charge on any atom is 0.340 e. The van der Waals surface area contributed by atoms with Gasteiger partial charge in [-0.2, -0.15) is 4.99 Å². The maximum absolute atomic E-state index is 12.1. The van der Waals surface area contributed by atoms with Gasteiger partial charge in [-0.3, -0.25) is 0 Å². The Kier molecular flexibility index (Phi) is 11.3. The summed E-state index contributed by atoms with van der Waals surface area (Å²) in [5.41, 5.74) is 13.3. The first-order valence-corrected chi connectivity index (χ1v) is 11.5. The number of esters is 1. The van der Waals surface area contributed by atoms with Gasteiger partial charge in [0.2, 0.25) is 11.9 Å². The first kappa shape index (κ1) is 25.7. The van der Waals surface area contributed by atoms with Gasteiger partial charge in [0.25, 0.3) is 0 Å². The van der Waals surface area contributed by atoms with Crippen molar-refractivity contribution in [3.8, 4) is 5.75 Å². The van der Waals surface area contributed by atoms with E-state index in [-0.39, 0.29) is 18.5 Å². The van der Waals surface area contributed by atoms with Crippen molar-refractivity contribution in [1.82, 2.24) is 0 Å². The van der Waals surface area contributed by atoms with Crippen LogP contribution in [0.4, 0.5) is 11.4 Å². The van der Waals surface area contributed by atoms with Gasteiger partial charge in [-0.25, -0.2) is 9.79 Å². The van der Waals surface area contributed by atoms with Crippen LogP contribution in [0, 0.1) is 0 Å². The van der Waals surface area contributed by atoms with Gasteiger partial charge >= 0.3 is 5.97 Å². The fourth-order valence-corrected chi connectivity index (χ4v) is 3.11. The van der Waals surface area contributed by atoms with E-state index in [1.807, 2.05) is 24.3 Å². The zero-order valence-corrected chi connectivity index (χ0v) is 19.5. The standard InChI is InChI=1S/C25H35N5O3/c1-3-5-6-7-8-11-18-33-20-16-14-19(15-17-20)28-24(26)30-25(27)29-22-13-10-9-12-21(22)23(31)32-4-2/h9-10,12-17H,3-8,11,18H2,1-2H3,(H5,26,27,28,29,30). The van der Waals surface area contributed by atoms with Crippen LogP contribution in [0.25, 0.3) is 0 Å². The second kappa shape index (κ2) is 14.5. The van der Waals surface area contributed by atoms with Crippen LogP contribution < -0.4 is 21.5 Å². The Morgan fingerprint density at radius 1 is 0.939 bits per heavy atom. The average molecular weight is 454 g/mol. The van der Waals surface area contributed by atoms with E-state index in [0.717, 1.165) is 17.9 Å². The maximum atomic E-state index is 12.1. The van der Waals surface area contributed by atoms with Gasteiger partial charge < -0.3 is 26.3 Å². The third kappa shape index (κ3) is 9.64. The highest BCUT2D eigenvalue weighted by molar-refractivity contribution is 6.02. The van der Waals surface area contributed by atoms with Crippen LogP contribution in [0.1, 0.15) is 62.7 Å². The highest BCUT2D eigenvalue weighted by Crippen LogP contribution is 2.20. The quantitative estimate of drug-likeness (QED) is 0.180. The number of anilines is 1. The van der Waals surface area contributed by atoms with Gasteiger partial charge in [-0.15, -0.1) is 0 Å². The number of nitrogens with two attached hydrogens (primary N) is 2. The van der Waals surface area contributed by atoms with Gasteiger partial charge in [0.15, 0.2) is 0 Å². The fraction of sp³-hybridized carbons (Fsp3) is 0.400. The number of aliphatic imine (C=N–C) groups is 2. The number of nitrogens with one attached hydrogen (secondary N) is 1. The molecule has 33 heavy (non-hydrogen) atoms. The van der Waals surface area contributed by atoms with E-state index in [9.17, 15) is 4.79 Å². The summed E-state index contributed by atoms with van der Waals surface area (Å²) in [7, 11) is 0. The van der Waals surface area contributed by atoms with E-state index >= 15 is 0 Å². The highest BCUT2D eigenvalue weighted by atomic mass is 16.5. The number of benzene rings is 2. The molecule has 8 nitrogen and oxygen atoms in total. The predicted molar refractivity (Wildman–Crippen MR) is 134 cm³/mol. The molecule has 0 aromatic heterocycles. The first-order chi connectivity index (χ1) is 16.0. The Balaban J connectivity index is 1.88. The zero-order chi connectivity index (χ0) is 23.9. The number of ether oxygens (including phenoxy) is 2. The van der Waals surface area contributed by atoms with Crippen LogP contribution in [-0.4, -0.2) is 31.1 Å². The van der Waals surface area contributed by atoms with E-state index in [1.54, 1.807) is 31.2 Å². The highest BCUT2D eigenvalue weighted by Gasteiger charge is 2.11. The largest absolute Gasteiger partial charge is 0.494 e. The molecule has 0 atom stereocenters. The van der Waals surface area contributed by atoms with Crippen molar-refractivity contribution in [2.75, 3.05) is 18.5 Å². The molecule has 0 heterocycles. The van der Waals surface area contributed by atoms with E-state index < -0.39 is 5.97 Å². The minimum Gasteiger partial charge on any atom is -0.494 e. The summed E-state index contributed by atoms with van der Waals surface area (Å²) < 4.78 is 10.8. The second-order valence-corrected chi connectivity index (χ2v) is 7.47. The summed E-state index contributed by atoms with van der Waals surface area (Å²) in [6, 6.07) is 14.2. The third-order valence-corrected chi connectivity index (χ3v) is 4.76. The molecule has 2 rings (SSSR count). The lowest BCUT2D eigenvalue weighted by atomic mass is 10.1. The van der Waals surface area contributed by atoms with Gasteiger partial charge in [0.05, 0.1) is 24.5 Å². The minimum atomic E-state index is -0.474. The number of guanidine groups is 2. The molecule has 0 aliphatic rings. The first-order valence-electron chi connectivity index (χ1n) is 11.5. The SMILES string of the molecule is CCCCCCCCOc1ccc(NC(N)=NC(N)=Nc2ccccc2C(=O)OCC)cc1. The van der Waals surface area contributed by atoms with Gasteiger partial charge in [-0.1, -0.05) is 51.2 Å². The molecule has 0 saturated heterocycles. The molecule has 5 N–H and O–H groups in total. The number of hydrogen-bond acceptors (Lipinski definition) is 4. The topological polar surface area (TPSA) is 124 Å². The second-order valence-electron chi connectivity index (χ2n) is 7.47. The molecule has 0 amide bonds. The van der Waals surface area contributed by atoms with Crippen LogP contribution in [-0.2, 0) is 4.74 Å². The van der Waals surface area contributed by atoms with E-state index in [2.05, 4.69) is 22.2 Å². The van der Waals surface area contributed by atoms with Crippen molar-refractivity contribution in [1.29, 1.82) is 0 Å². The number of unbranched alkanes of at least 4 members (excludes halogenated alkanes) is 5. The monoisotopic (exact) mass is 453 g/mol. The lowest BCUT2D eigenvalue weighted by molar-refractivity contribution is 0.0527. The third-order valence-electron chi connectivity index (χ3n) is 4.76. The molecule has 0 aliphatic heterocycles. The Bertz CT molecular complexity index is 926. The number of carbonyl (C=O) groups excluding carboxylic acids is 1. The molecule has 0 saturated carbocycles. The van der Waals surface area contributed by atoms with Crippen molar-refractivity contribution in [2.24, 2.45) is 21.5 Å². The molecule has 178 valence electrons. The Labute approximate surface area is 196 Å². The summed E-state index contributed by atoms with van der Waals surface area (Å²) in [4.78, 5) is 20.3. The van der Waals surface area contributed by atoms with Crippen LogP contribution >= 0.6 is 0 Å². The zero-order valence-electron chi connectivity index (χ0n) is 19.5. The smallest absolute Gasteiger partial charge is 0.340 e. The van der Waals surface area contributed by atoms with Gasteiger partial charge in [-0.05, 0) is 49.7 Å². The number of rotatable bonds is 12. The predicted octanol–water partition coefficient (Wildman–Crippen LogP) is 4.98. The summed E-state index contributed by atoms with van der Waals surface area (Å²) in [6.45, 7) is 4.94. The normalized spacial score (nSPS) is 11.8. The van der Waals surface area contributed by atoms with Crippen molar-refractivity contribution in [3.63, 3.8) is 0 Å². The molecule has 0 fully saturated rings. The summed E-state index contributed by atoms with van der Waals surface area (Å²) in [6.07, 6.45) is 7.38. The Morgan fingerprint density at radius 3 is 2.36 bits per heavy atom. The minimum absolute atomic E-state index is 0.0746. The molecular formula is C25H35N5O3. The molecule has 0 spiro atoms. The Hall–Kier alpha value is -3.55. The molecule has 0 radical (unpaired) electrons. The van der Waals surface area contributed by atoms with Crippen LogP contribution in [0.15, 0.2) is 58.5 Å². The van der Waals surface area contributed by atoms with Crippen LogP contribution in [0.3, 0.4) is 0 Å². The summed E-state index contributed by atoms with van der Waals surface area (Å²) >= 11 is 0. The van der Waals surface area contributed by atoms with Crippen molar-refractivity contribution in [3.05, 3.63) is 54.1 Å². The van der Waals surface area contributed by atoms with Crippen LogP contribution in [0.2, 0.25) is 0 Å². The average Bonchev–Trinajstić information content (AvgIpc) is 2.80. The molecule has 0 aliphatic carbocycles. The summed E-state index contributed by atoms with van der Waals surface area (Å²) in [5, 5.41) is 2.96. The van der Waals surface area contributed by atoms with E-state index in [4.69, 9.17) is 20.9 Å². The number of para-hydroxylation sites is 1. The molecule has 8 heteroatoms. The Morgan fingerprint density at radius 2 is 1.64 bits per heavy atom. The van der Waals surface area contributed by atoms with Crippen molar-refractivity contribution in [2.45, 2.75) is 52.4 Å². The van der Waals surface area contributed by atoms with Gasteiger partial charge in [0, 0.05) is 5.69 Å². The fourth-order valence-electron chi connectivity index (χ4n) is 3.11. The molecule has 0 bridgehead atoms.